The quantitative estimate of drug-likeness (QED) is 0.0158. The summed E-state index contributed by atoms with van der Waals surface area (Å²) in [4.78, 5) is 41.9. The second kappa shape index (κ2) is 78.5. The molecule has 0 aliphatic carbocycles. The zero-order valence-corrected chi connectivity index (χ0v) is 89.4. The van der Waals surface area contributed by atoms with E-state index in [4.69, 9.17) is 67.8 Å². The van der Waals surface area contributed by atoms with Crippen LogP contribution in [0.3, 0.4) is 0 Å². The summed E-state index contributed by atoms with van der Waals surface area (Å²) in [6.45, 7) is 5.92. The molecule has 9 rings (SSSR count). The van der Waals surface area contributed by atoms with Gasteiger partial charge in [-0.1, -0.05) is 360 Å². The monoisotopic (exact) mass is 2000 g/mol. The lowest BCUT2D eigenvalue weighted by Gasteiger charge is -2.15. The molecule has 24 heteroatoms. The number of nitrogens with one attached hydrogen (secondary N) is 2. The number of hydrogen-bond donors (Lipinski definition) is 10. The van der Waals surface area contributed by atoms with E-state index < -0.39 is 0 Å². The second-order valence-corrected chi connectivity index (χ2v) is 41.0. The lowest BCUT2D eigenvalue weighted by atomic mass is 10.1. The molecule has 3 aromatic heterocycles. The van der Waals surface area contributed by atoms with Gasteiger partial charge < -0.3 is 88.7 Å². The molecular formula is C120H194N8O16. The molecule has 4 aromatic carbocycles. The van der Waals surface area contributed by atoms with Crippen molar-refractivity contribution in [3.05, 3.63) is 48.5 Å². The third-order valence-corrected chi connectivity index (χ3v) is 28.6. The smallest absolute Gasteiger partial charge is 0.164 e. The number of hydrogen-bond acceptors (Lipinski definition) is 22. The van der Waals surface area contributed by atoms with Gasteiger partial charge in [-0.3, -0.25) is 0 Å². The standard InChI is InChI=1S/C120H194N8O16/c129-73-57-41-25-9-1-17-33-49-65-81-137-105-89-97-98(90-106(105)138-82-66-50-34-18-2-10-26-42-58-74-130)114-121-113(97)125-115-99-91-107(139-83-67-51-35-19-3-11-27-43-59-75-131)108(140-84-68-52-36-20-4-12-28-44-60-76-132)92-100(99)117(122-115)127-119-103-95-111(143-87-71-55-39-23-7-15-31-47-63-79-135)112(144-88-72-56-40-24-8-16-32-48-64-80-136)96-104(103)120(124-119)128-118-102-94-110(142-86-70-54-38-22-6-14-30-46-62-78-134)109(93-101(102)116(123-118)126-114)141-85-69-53-37-21-5-13-29-45-61-77-133/h89-96,129-136H,1-88H2,(H2,121,122,123,124,125,126,127,128). The predicted molar refractivity (Wildman–Crippen MR) is 589 cm³/mol. The van der Waals surface area contributed by atoms with Crippen LogP contribution in [0.4, 0.5) is 0 Å². The van der Waals surface area contributed by atoms with Crippen LogP contribution in [0.15, 0.2) is 48.5 Å². The van der Waals surface area contributed by atoms with Crippen LogP contribution in [-0.4, -0.2) is 186 Å². The van der Waals surface area contributed by atoms with Crippen molar-refractivity contribution in [2.24, 2.45) is 0 Å². The summed E-state index contributed by atoms with van der Waals surface area (Å²) in [6.07, 6.45) is 76.7. The van der Waals surface area contributed by atoms with Gasteiger partial charge >= 0.3 is 0 Å². The van der Waals surface area contributed by atoms with E-state index in [1.807, 2.05) is 0 Å². The molecule has 0 saturated heterocycles. The first kappa shape index (κ1) is 120. The molecule has 2 aliphatic rings. The number of aliphatic hydroxyl groups excluding tert-OH is 8. The van der Waals surface area contributed by atoms with Gasteiger partial charge in [-0.2, -0.15) is 0 Å². The van der Waals surface area contributed by atoms with Crippen molar-refractivity contribution in [3.63, 3.8) is 0 Å². The number of rotatable bonds is 96. The fourth-order valence-corrected chi connectivity index (χ4v) is 19.8. The maximum Gasteiger partial charge on any atom is 0.164 e. The maximum absolute atomic E-state index is 9.42. The summed E-state index contributed by atoms with van der Waals surface area (Å²) in [5.74, 6) is 6.54. The van der Waals surface area contributed by atoms with Gasteiger partial charge in [-0.15, -0.1) is 0 Å². The minimum Gasteiger partial charge on any atom is -0.490 e. The molecular weight excluding hydrogens is 1810 g/mol. The molecule has 24 nitrogen and oxygen atoms in total. The molecule has 0 radical (unpaired) electrons. The normalized spacial score (nSPS) is 11.8. The molecule has 10 N–H and O–H groups in total. The Labute approximate surface area is 865 Å². The van der Waals surface area contributed by atoms with E-state index >= 15 is 0 Å². The third-order valence-electron chi connectivity index (χ3n) is 28.6. The fourth-order valence-electron chi connectivity index (χ4n) is 19.8. The molecule has 7 aromatic rings. The Bertz CT molecular complexity index is 4080. The highest BCUT2D eigenvalue weighted by atomic mass is 16.5. The topological polar surface area (TPSA) is 345 Å². The van der Waals surface area contributed by atoms with E-state index in [1.165, 1.54) is 103 Å². The van der Waals surface area contributed by atoms with Crippen LogP contribution in [0.25, 0.3) is 89.7 Å². The Morgan fingerprint density at radius 1 is 0.139 bits per heavy atom. The lowest BCUT2D eigenvalue weighted by Crippen LogP contribution is -2.03. The first-order valence-electron chi connectivity index (χ1n) is 58.8. The number of ether oxygens (including phenoxy) is 8. The highest BCUT2D eigenvalue weighted by Crippen LogP contribution is 2.47. The number of fused-ring (bicyclic) bond motifs is 20. The number of H-pyrrole nitrogens is 2. The molecule has 810 valence electrons. The Hall–Kier alpha value is -7.68. The predicted octanol–water partition coefficient (Wildman–Crippen LogP) is 29.9. The van der Waals surface area contributed by atoms with Crippen molar-refractivity contribution >= 4 is 44.1 Å². The number of benzene rings is 4. The number of aromatic amines is 2. The van der Waals surface area contributed by atoms with Crippen LogP contribution >= 0.6 is 0 Å². The summed E-state index contributed by atoms with van der Waals surface area (Å²) < 4.78 is 56.2. The van der Waals surface area contributed by atoms with Crippen LogP contribution in [0, 0.1) is 0 Å². The van der Waals surface area contributed by atoms with E-state index in [0.717, 1.165) is 403 Å². The number of aromatic nitrogens is 8. The molecule has 144 heavy (non-hydrogen) atoms. The van der Waals surface area contributed by atoms with Gasteiger partial charge in [0.15, 0.2) is 69.3 Å². The average Bonchev–Trinajstić information content (AvgIpc) is 1.58. The second-order valence-electron chi connectivity index (χ2n) is 41.0. The lowest BCUT2D eigenvalue weighted by molar-refractivity contribution is 0.258. The largest absolute Gasteiger partial charge is 0.490 e. The summed E-state index contributed by atoms with van der Waals surface area (Å²) in [5, 5.41) is 78.3. The van der Waals surface area contributed by atoms with Crippen molar-refractivity contribution in [1.82, 2.24) is 39.9 Å². The van der Waals surface area contributed by atoms with Crippen molar-refractivity contribution in [2.45, 2.75) is 462 Å². The molecule has 0 spiro atoms. The molecule has 0 fully saturated rings. The van der Waals surface area contributed by atoms with Gasteiger partial charge in [-0.25, -0.2) is 29.9 Å². The van der Waals surface area contributed by atoms with Crippen LogP contribution in [0.2, 0.25) is 0 Å². The van der Waals surface area contributed by atoms with E-state index in [1.54, 1.807) is 0 Å². The Morgan fingerprint density at radius 3 is 0.375 bits per heavy atom. The number of aliphatic hydroxyl groups is 8. The minimum atomic E-state index is 0.253. The van der Waals surface area contributed by atoms with E-state index in [-0.39, 0.29) is 52.9 Å². The Balaban J connectivity index is 1.25. The van der Waals surface area contributed by atoms with Crippen LogP contribution in [-0.2, 0) is 0 Å². The molecule has 2 aliphatic heterocycles. The molecule has 5 heterocycles. The molecule has 0 unspecified atom stereocenters. The molecule has 8 bridgehead atoms. The van der Waals surface area contributed by atoms with Gasteiger partial charge in [0.25, 0.3) is 0 Å². The van der Waals surface area contributed by atoms with Crippen molar-refractivity contribution < 1.29 is 78.7 Å². The van der Waals surface area contributed by atoms with E-state index in [2.05, 4.69) is 58.5 Å². The first-order chi connectivity index (χ1) is 71.3. The van der Waals surface area contributed by atoms with E-state index in [9.17, 15) is 40.9 Å². The van der Waals surface area contributed by atoms with Crippen LogP contribution in [0.5, 0.6) is 46.0 Å². The highest BCUT2D eigenvalue weighted by molar-refractivity contribution is 6.08. The van der Waals surface area contributed by atoms with Crippen molar-refractivity contribution in [2.75, 3.05) is 106 Å². The average molecular weight is 2000 g/mol. The summed E-state index contributed by atoms with van der Waals surface area (Å²) >= 11 is 0. The maximum atomic E-state index is 9.42. The third kappa shape index (κ3) is 47.4. The minimum absolute atomic E-state index is 0.253. The summed E-state index contributed by atoms with van der Waals surface area (Å²) in [6, 6.07) is 16.6. The summed E-state index contributed by atoms with van der Waals surface area (Å²) in [5.41, 5.74) is 4.86. The van der Waals surface area contributed by atoms with Crippen molar-refractivity contribution in [3.8, 4) is 91.5 Å². The number of unbranched alkanes of at least 4 members (excludes halogenated alkanes) is 64. The highest BCUT2D eigenvalue weighted by Gasteiger charge is 2.29. The van der Waals surface area contributed by atoms with Gasteiger partial charge in [-0.05, 0) is 151 Å². The zero-order chi connectivity index (χ0) is 101. The van der Waals surface area contributed by atoms with Gasteiger partial charge in [0.1, 0.15) is 22.6 Å². The Kier molecular flexibility index (Phi) is 65.4. The molecule has 0 amide bonds. The molecule has 0 saturated carbocycles. The summed E-state index contributed by atoms with van der Waals surface area (Å²) in [7, 11) is 0. The van der Waals surface area contributed by atoms with E-state index in [0.29, 0.717) is 145 Å². The van der Waals surface area contributed by atoms with Crippen LogP contribution < -0.4 is 37.9 Å². The SMILES string of the molecule is OCCCCCCCCCCCOc1cc2c(cc1OCCCCCCCCCCCO)-c1nc-2nc2[nH]c(nc3nc(nc4[nH]c(n1)c1cc(OCCCCCCCCCCCO)c(OCCCCCCCCCCCO)cc41)-c1cc(OCCCCCCCCCCCO)c(OCCCCCCCCCCCO)cc1-3)c1cc(OCCCCCCCCCCCO)c(OCCCCCCCCCCCO)cc21. The molecule has 0 atom stereocenters. The van der Waals surface area contributed by atoms with Gasteiger partial charge in [0.2, 0.25) is 0 Å². The first-order valence-corrected chi connectivity index (χ1v) is 58.8. The zero-order valence-electron chi connectivity index (χ0n) is 89.4. The van der Waals surface area contributed by atoms with Crippen molar-refractivity contribution in [1.29, 1.82) is 0 Å². The van der Waals surface area contributed by atoms with Gasteiger partial charge in [0.05, 0.1) is 52.9 Å². The Morgan fingerprint density at radius 2 is 0.250 bits per heavy atom. The van der Waals surface area contributed by atoms with Crippen LogP contribution in [0.1, 0.15) is 462 Å². The van der Waals surface area contributed by atoms with Gasteiger partial charge in [0, 0.05) is 96.7 Å². The fraction of sp³-hybridized carbons (Fsp3) is 0.733. The number of nitrogens with zero attached hydrogens (tertiary/aromatic N) is 6.